The summed E-state index contributed by atoms with van der Waals surface area (Å²) in [5.41, 5.74) is 2.84. The lowest BCUT2D eigenvalue weighted by atomic mass is 9.93. The van der Waals surface area contributed by atoms with Crippen molar-refractivity contribution < 1.29 is 9.47 Å². The molecule has 2 aliphatic heterocycles. The van der Waals surface area contributed by atoms with E-state index >= 15 is 0 Å². The van der Waals surface area contributed by atoms with Crippen LogP contribution in [-0.4, -0.2) is 16.7 Å². The van der Waals surface area contributed by atoms with Gasteiger partial charge in [-0.15, -0.1) is 0 Å². The van der Waals surface area contributed by atoms with Crippen LogP contribution in [0.3, 0.4) is 0 Å². The molecule has 0 amide bonds. The highest BCUT2D eigenvalue weighted by molar-refractivity contribution is 6.29. The molecule has 2 aromatic rings. The van der Waals surface area contributed by atoms with Crippen molar-refractivity contribution in [3.63, 3.8) is 0 Å². The van der Waals surface area contributed by atoms with Crippen LogP contribution in [0, 0.1) is 6.92 Å². The molecule has 0 aliphatic carbocycles. The molecule has 19 heavy (non-hydrogen) atoms. The smallest absolute Gasteiger partial charge is 0.132 e. The van der Waals surface area contributed by atoms with Crippen LogP contribution < -0.4 is 4.74 Å². The summed E-state index contributed by atoms with van der Waals surface area (Å²) in [6.07, 6.45) is 0.293. The standard InChI is InChI=1S/C15H14ClNO2/c1-7-4-12(16)17-10-5-9-11(6-8(7)10)19-15(2,3)14-13(9)18-14/h4-6,13-14H,1-3H3/t13-,14-/m1/s1. The van der Waals surface area contributed by atoms with E-state index in [1.54, 1.807) is 0 Å². The second kappa shape index (κ2) is 3.41. The first-order valence-electron chi connectivity index (χ1n) is 6.41. The summed E-state index contributed by atoms with van der Waals surface area (Å²) in [5, 5.41) is 1.60. The molecule has 4 heteroatoms. The van der Waals surface area contributed by atoms with Crippen molar-refractivity contribution in [3.8, 4) is 5.75 Å². The first-order valence-corrected chi connectivity index (χ1v) is 6.79. The first-order chi connectivity index (χ1) is 8.95. The number of rotatable bonds is 0. The Kier molecular flexibility index (Phi) is 2.06. The molecule has 2 aliphatic rings. The molecule has 98 valence electrons. The van der Waals surface area contributed by atoms with Crippen LogP contribution in [0.15, 0.2) is 18.2 Å². The minimum absolute atomic E-state index is 0.143. The Balaban J connectivity index is 1.98. The highest BCUT2D eigenvalue weighted by atomic mass is 35.5. The molecular formula is C15H14ClNO2. The van der Waals surface area contributed by atoms with Crippen LogP contribution in [0.4, 0.5) is 0 Å². The van der Waals surface area contributed by atoms with Gasteiger partial charge in [0.2, 0.25) is 0 Å². The van der Waals surface area contributed by atoms with E-state index in [9.17, 15) is 0 Å². The highest BCUT2D eigenvalue weighted by Crippen LogP contribution is 2.54. The molecule has 3 nitrogen and oxygen atoms in total. The van der Waals surface area contributed by atoms with E-state index < -0.39 is 0 Å². The van der Waals surface area contributed by atoms with Gasteiger partial charge in [0.25, 0.3) is 0 Å². The van der Waals surface area contributed by atoms with Crippen molar-refractivity contribution in [2.45, 2.75) is 38.6 Å². The molecule has 0 bridgehead atoms. The maximum Gasteiger partial charge on any atom is 0.132 e. The van der Waals surface area contributed by atoms with Crippen LogP contribution in [0.1, 0.15) is 31.1 Å². The summed E-state index contributed by atoms with van der Waals surface area (Å²) in [6.45, 7) is 6.17. The minimum Gasteiger partial charge on any atom is -0.485 e. The van der Waals surface area contributed by atoms with Crippen molar-refractivity contribution in [2.75, 3.05) is 0 Å². The lowest BCUT2D eigenvalue weighted by Crippen LogP contribution is -2.37. The summed E-state index contributed by atoms with van der Waals surface area (Å²) in [4.78, 5) is 4.39. The Morgan fingerprint density at radius 1 is 1.26 bits per heavy atom. The zero-order chi connectivity index (χ0) is 13.4. The molecule has 0 unspecified atom stereocenters. The summed E-state index contributed by atoms with van der Waals surface area (Å²) in [6, 6.07) is 5.98. The van der Waals surface area contributed by atoms with Crippen molar-refractivity contribution in [3.05, 3.63) is 34.5 Å². The van der Waals surface area contributed by atoms with Crippen molar-refractivity contribution in [1.29, 1.82) is 0 Å². The maximum absolute atomic E-state index is 6.08. The third kappa shape index (κ3) is 1.58. The number of aromatic nitrogens is 1. The van der Waals surface area contributed by atoms with Gasteiger partial charge in [-0.05, 0) is 44.5 Å². The molecule has 0 spiro atoms. The zero-order valence-corrected chi connectivity index (χ0v) is 11.8. The van der Waals surface area contributed by atoms with Gasteiger partial charge in [0.15, 0.2) is 0 Å². The number of epoxide rings is 1. The number of benzene rings is 1. The number of ether oxygens (including phenoxy) is 2. The molecule has 4 rings (SSSR count). The molecule has 1 aromatic carbocycles. The fourth-order valence-electron chi connectivity index (χ4n) is 2.93. The Labute approximate surface area is 116 Å². The molecule has 3 heterocycles. The number of pyridine rings is 1. The summed E-state index contributed by atoms with van der Waals surface area (Å²) in [7, 11) is 0. The average molecular weight is 276 g/mol. The van der Waals surface area contributed by atoms with E-state index in [0.717, 1.165) is 27.8 Å². The second-order valence-electron chi connectivity index (χ2n) is 5.85. The Hall–Kier alpha value is -1.32. The maximum atomic E-state index is 6.08. The van der Waals surface area contributed by atoms with Crippen LogP contribution >= 0.6 is 11.6 Å². The molecule has 0 radical (unpaired) electrons. The Morgan fingerprint density at radius 3 is 2.84 bits per heavy atom. The number of hydrogen-bond donors (Lipinski definition) is 0. The third-order valence-electron chi connectivity index (χ3n) is 3.97. The van der Waals surface area contributed by atoms with Crippen molar-refractivity contribution in [2.24, 2.45) is 0 Å². The highest BCUT2D eigenvalue weighted by Gasteiger charge is 2.56. The number of aryl methyl sites for hydroxylation is 1. The number of nitrogens with zero attached hydrogens (tertiary/aromatic N) is 1. The third-order valence-corrected chi connectivity index (χ3v) is 4.17. The van der Waals surface area contributed by atoms with Gasteiger partial charge in [-0.2, -0.15) is 0 Å². The molecule has 1 aromatic heterocycles. The van der Waals surface area contributed by atoms with Gasteiger partial charge in [0, 0.05) is 10.9 Å². The largest absolute Gasteiger partial charge is 0.485 e. The fraction of sp³-hybridized carbons (Fsp3) is 0.400. The Morgan fingerprint density at radius 2 is 2.05 bits per heavy atom. The summed E-state index contributed by atoms with van der Waals surface area (Å²) in [5.74, 6) is 0.906. The van der Waals surface area contributed by atoms with Gasteiger partial charge in [-0.25, -0.2) is 4.98 Å². The average Bonchev–Trinajstić information content (AvgIpc) is 3.08. The predicted molar refractivity (Wildman–Crippen MR) is 73.8 cm³/mol. The topological polar surface area (TPSA) is 34.6 Å². The van der Waals surface area contributed by atoms with E-state index in [0.29, 0.717) is 5.15 Å². The van der Waals surface area contributed by atoms with Gasteiger partial charge < -0.3 is 9.47 Å². The molecular weight excluding hydrogens is 262 g/mol. The second-order valence-corrected chi connectivity index (χ2v) is 6.24. The van der Waals surface area contributed by atoms with E-state index in [2.05, 4.69) is 24.9 Å². The van der Waals surface area contributed by atoms with Gasteiger partial charge in [-0.1, -0.05) is 11.6 Å². The number of halogens is 1. The molecule has 1 fully saturated rings. The molecule has 1 saturated heterocycles. The fourth-order valence-corrected chi connectivity index (χ4v) is 3.18. The lowest BCUT2D eigenvalue weighted by Gasteiger charge is -2.29. The minimum atomic E-state index is -0.265. The first kappa shape index (κ1) is 11.5. The van der Waals surface area contributed by atoms with Crippen LogP contribution in [-0.2, 0) is 4.74 Å². The lowest BCUT2D eigenvalue weighted by molar-refractivity contribution is 0.0727. The van der Waals surface area contributed by atoms with Gasteiger partial charge in [0.05, 0.1) is 5.52 Å². The van der Waals surface area contributed by atoms with Crippen LogP contribution in [0.2, 0.25) is 5.15 Å². The van der Waals surface area contributed by atoms with Crippen LogP contribution in [0.25, 0.3) is 10.9 Å². The van der Waals surface area contributed by atoms with E-state index in [-0.39, 0.29) is 17.8 Å². The SMILES string of the molecule is Cc1cc(Cl)nc2cc3c(cc12)OC(C)(C)[C@@H]1O[C@H]31. The van der Waals surface area contributed by atoms with Gasteiger partial charge in [-0.3, -0.25) is 0 Å². The van der Waals surface area contributed by atoms with Crippen LogP contribution in [0.5, 0.6) is 5.75 Å². The predicted octanol–water partition coefficient (Wildman–Crippen LogP) is 3.81. The van der Waals surface area contributed by atoms with E-state index in [4.69, 9.17) is 21.1 Å². The summed E-state index contributed by atoms with van der Waals surface area (Å²) >= 11 is 6.03. The van der Waals surface area contributed by atoms with Gasteiger partial charge in [0.1, 0.15) is 28.7 Å². The number of fused-ring (bicyclic) bond motifs is 4. The monoisotopic (exact) mass is 275 g/mol. The normalized spacial score (nSPS) is 26.5. The Bertz CT molecular complexity index is 711. The quantitative estimate of drug-likeness (QED) is 0.542. The number of hydrogen-bond acceptors (Lipinski definition) is 3. The van der Waals surface area contributed by atoms with E-state index in [1.807, 2.05) is 19.1 Å². The molecule has 0 N–H and O–H groups in total. The molecule has 2 atom stereocenters. The molecule has 0 saturated carbocycles. The van der Waals surface area contributed by atoms with Crippen molar-refractivity contribution >= 4 is 22.5 Å². The summed E-state index contributed by atoms with van der Waals surface area (Å²) < 4.78 is 11.8. The van der Waals surface area contributed by atoms with Gasteiger partial charge >= 0.3 is 0 Å². The zero-order valence-electron chi connectivity index (χ0n) is 11.0. The van der Waals surface area contributed by atoms with Crippen molar-refractivity contribution in [1.82, 2.24) is 4.98 Å². The van der Waals surface area contributed by atoms with E-state index in [1.165, 1.54) is 0 Å².